The fraction of sp³-hybridized carbons (Fsp3) is 0.452. The number of hydrogen-bond donors (Lipinski definition) is 6. The molecule has 1 aromatic carbocycles. The molecular weight excluding hydrogens is 783 g/mol. The number of anilines is 1. The first-order chi connectivity index (χ1) is 29.4. The van der Waals surface area contributed by atoms with Crippen molar-refractivity contribution in [1.29, 1.82) is 5.41 Å². The van der Waals surface area contributed by atoms with Gasteiger partial charge >= 0.3 is 0 Å². The normalized spacial score (nSPS) is 15.1. The lowest BCUT2D eigenvalue weighted by Gasteiger charge is -2.27. The number of carbonyl (C=O) groups excluding carboxylic acids is 3. The van der Waals surface area contributed by atoms with E-state index in [4.69, 9.17) is 51.6 Å². The molecule has 4 aromatic rings. The van der Waals surface area contributed by atoms with Crippen LogP contribution in [-0.4, -0.2) is 111 Å². The van der Waals surface area contributed by atoms with E-state index in [1.54, 1.807) is 43.0 Å². The number of aryl methyl sites for hydroxylation is 2. The van der Waals surface area contributed by atoms with Crippen molar-refractivity contribution in [3.8, 4) is 5.75 Å². The van der Waals surface area contributed by atoms with E-state index in [-0.39, 0.29) is 12.3 Å². The van der Waals surface area contributed by atoms with Crippen LogP contribution in [0.3, 0.4) is 0 Å². The Kier molecular flexibility index (Phi) is 18.5. The van der Waals surface area contributed by atoms with E-state index >= 15 is 0 Å². The van der Waals surface area contributed by atoms with Crippen molar-refractivity contribution in [3.05, 3.63) is 76.2 Å². The molecule has 1 fully saturated rings. The van der Waals surface area contributed by atoms with Gasteiger partial charge in [0.2, 0.25) is 18.3 Å². The summed E-state index contributed by atoms with van der Waals surface area (Å²) >= 11 is 0. The van der Waals surface area contributed by atoms with Crippen molar-refractivity contribution >= 4 is 53.1 Å². The van der Waals surface area contributed by atoms with Crippen molar-refractivity contribution in [3.63, 3.8) is 0 Å². The van der Waals surface area contributed by atoms with Gasteiger partial charge in [0.25, 0.3) is 5.91 Å². The molecule has 3 amide bonds. The summed E-state index contributed by atoms with van der Waals surface area (Å²) in [6.07, 6.45) is 10.2. The third kappa shape index (κ3) is 12.8. The molecule has 1 saturated heterocycles. The molecule has 0 saturated carbocycles. The lowest BCUT2D eigenvalue weighted by atomic mass is 9.96. The number of benzene rings is 1. The van der Waals surface area contributed by atoms with Crippen LogP contribution in [-0.2, 0) is 45.2 Å². The van der Waals surface area contributed by atoms with Crippen LogP contribution in [0, 0.1) is 12.3 Å². The number of imidazole rings is 2. The third-order valence-electron chi connectivity index (χ3n) is 9.65. The highest BCUT2D eigenvalue weighted by Gasteiger charge is 2.30. The average Bonchev–Trinajstić information content (AvgIpc) is 3.92. The Morgan fingerprint density at radius 2 is 1.77 bits per heavy atom. The van der Waals surface area contributed by atoms with E-state index in [1.807, 2.05) is 54.2 Å². The highest BCUT2D eigenvalue weighted by atomic mass is 16.5. The van der Waals surface area contributed by atoms with Crippen LogP contribution in [0.1, 0.15) is 78.7 Å². The molecule has 1 aliphatic carbocycles. The second-order valence-electron chi connectivity index (χ2n) is 14.1. The lowest BCUT2D eigenvalue weighted by Crippen LogP contribution is -2.37. The summed E-state index contributed by atoms with van der Waals surface area (Å²) in [5.74, 6) is 0.706. The minimum absolute atomic E-state index is 0.250. The van der Waals surface area contributed by atoms with Crippen molar-refractivity contribution in [2.24, 2.45) is 22.9 Å². The third-order valence-corrected chi connectivity index (χ3v) is 9.65. The maximum atomic E-state index is 13.6. The second kappa shape index (κ2) is 23.7. The molecule has 61 heavy (non-hydrogen) atoms. The fourth-order valence-electron chi connectivity index (χ4n) is 6.96. The summed E-state index contributed by atoms with van der Waals surface area (Å²) in [7, 11) is 1.59. The number of morpholine rings is 1. The molecular formula is C42H61N13O6. The van der Waals surface area contributed by atoms with Crippen LogP contribution in [0.2, 0.25) is 0 Å². The van der Waals surface area contributed by atoms with Gasteiger partial charge in [-0.1, -0.05) is 19.1 Å². The SMILES string of the molecule is CCN.CCn1nc(C)cc1C(=O)Nc1nc2cc(CN)cc(OC)c2n1C/C=C/Cn1c(/C=C/C(C)=N)nc2c1C(OCCCN1CCOCC1)CC(C(N)=O)=C2.NC=O. The van der Waals surface area contributed by atoms with Gasteiger partial charge in [-0.25, -0.2) is 9.97 Å². The van der Waals surface area contributed by atoms with E-state index in [0.717, 1.165) is 62.8 Å². The number of rotatable bonds is 17. The molecule has 4 heterocycles. The molecule has 1 unspecified atom stereocenters. The molecule has 1 atom stereocenters. The first-order valence-electron chi connectivity index (χ1n) is 20.3. The molecule has 1 aliphatic heterocycles. The van der Waals surface area contributed by atoms with E-state index in [0.29, 0.717) is 90.4 Å². The number of nitrogens with one attached hydrogen (secondary N) is 2. The summed E-state index contributed by atoms with van der Waals surface area (Å²) < 4.78 is 23.4. The molecule has 3 aromatic heterocycles. The molecule has 0 radical (unpaired) electrons. The summed E-state index contributed by atoms with van der Waals surface area (Å²) in [4.78, 5) is 46.6. The summed E-state index contributed by atoms with van der Waals surface area (Å²) in [6, 6.07) is 5.52. The number of fused-ring (bicyclic) bond motifs is 2. The number of methoxy groups -OCH3 is 1. The predicted octanol–water partition coefficient (Wildman–Crippen LogP) is 2.91. The van der Waals surface area contributed by atoms with Gasteiger partial charge in [-0.15, -0.1) is 0 Å². The Balaban J connectivity index is 0.00000129. The second-order valence-corrected chi connectivity index (χ2v) is 14.1. The molecule has 0 spiro atoms. The number of primary amides is 2. The Bertz CT molecular complexity index is 2210. The van der Waals surface area contributed by atoms with E-state index in [9.17, 15) is 9.59 Å². The number of aromatic nitrogens is 6. The van der Waals surface area contributed by atoms with E-state index < -0.39 is 12.0 Å². The molecule has 19 nitrogen and oxygen atoms in total. The fourth-order valence-corrected chi connectivity index (χ4v) is 6.96. The molecule has 2 aliphatic rings. The molecule has 6 rings (SSSR count). The van der Waals surface area contributed by atoms with Crippen molar-refractivity contribution in [2.75, 3.05) is 58.4 Å². The largest absolute Gasteiger partial charge is 0.494 e. The van der Waals surface area contributed by atoms with Crippen molar-refractivity contribution < 1.29 is 28.6 Å². The van der Waals surface area contributed by atoms with Gasteiger partial charge in [0.15, 0.2) is 0 Å². The molecule has 10 N–H and O–H groups in total. The number of allylic oxidation sites excluding steroid dienone is 3. The van der Waals surface area contributed by atoms with Gasteiger partial charge in [0.05, 0.1) is 42.9 Å². The van der Waals surface area contributed by atoms with Gasteiger partial charge in [-0.05, 0) is 75.7 Å². The Labute approximate surface area is 356 Å². The van der Waals surface area contributed by atoms with Crippen molar-refractivity contribution in [2.45, 2.75) is 72.8 Å². The van der Waals surface area contributed by atoms with Gasteiger partial charge in [0.1, 0.15) is 28.9 Å². The zero-order valence-electron chi connectivity index (χ0n) is 35.9. The lowest BCUT2D eigenvalue weighted by molar-refractivity contribution is -0.115. The maximum Gasteiger partial charge on any atom is 0.276 e. The number of hydrogen-bond acceptors (Lipinski definition) is 13. The van der Waals surface area contributed by atoms with E-state index in [2.05, 4.69) is 21.0 Å². The topological polar surface area (TPSA) is 276 Å². The minimum atomic E-state index is -0.506. The smallest absolute Gasteiger partial charge is 0.276 e. The summed E-state index contributed by atoms with van der Waals surface area (Å²) in [5.41, 5.74) is 26.4. The van der Waals surface area contributed by atoms with Crippen molar-refractivity contribution in [1.82, 2.24) is 33.8 Å². The highest BCUT2D eigenvalue weighted by molar-refractivity contribution is 6.03. The van der Waals surface area contributed by atoms with Crippen LogP contribution in [0.4, 0.5) is 5.95 Å². The van der Waals surface area contributed by atoms with Crippen LogP contribution in [0.5, 0.6) is 5.75 Å². The van der Waals surface area contributed by atoms with E-state index in [1.165, 1.54) is 0 Å². The van der Waals surface area contributed by atoms with Crippen LogP contribution >= 0.6 is 0 Å². The molecule has 19 heteroatoms. The number of amides is 3. The van der Waals surface area contributed by atoms with Gasteiger partial charge in [-0.3, -0.25) is 29.3 Å². The van der Waals surface area contributed by atoms with Gasteiger partial charge in [-0.2, -0.15) is 5.10 Å². The zero-order valence-corrected chi connectivity index (χ0v) is 35.9. The number of carbonyl (C=O) groups is 3. The highest BCUT2D eigenvalue weighted by Crippen LogP contribution is 2.36. The number of nitrogens with two attached hydrogens (primary N) is 4. The summed E-state index contributed by atoms with van der Waals surface area (Å²) in [6.45, 7) is 14.4. The van der Waals surface area contributed by atoms with Gasteiger partial charge in [0, 0.05) is 70.1 Å². The van der Waals surface area contributed by atoms with Crippen LogP contribution in [0.15, 0.2) is 42.0 Å². The first kappa shape index (κ1) is 47.7. The maximum absolute atomic E-state index is 13.6. The number of nitrogens with zero attached hydrogens (tertiary/aromatic N) is 7. The Hall–Kier alpha value is -5.99. The average molecular weight is 844 g/mol. The van der Waals surface area contributed by atoms with Crippen LogP contribution in [0.25, 0.3) is 23.2 Å². The van der Waals surface area contributed by atoms with Gasteiger partial charge < -0.3 is 51.7 Å². The molecule has 0 bridgehead atoms. The Morgan fingerprint density at radius 1 is 1.08 bits per heavy atom. The standard InChI is InChI=1S/C39H51N11O5.C2H7N.CH3NO/c1-5-50-31(19-26(3)46-50)38(52)45-39-44-29-20-27(24-40)21-32(53-4)35(29)49(39)13-7-6-12-48-34(10-9-25(2)41)43-30-22-28(37(42)51)23-33(36(30)48)55-16-8-11-47-14-17-54-18-15-47;1-2-3;2-1-3/h6-7,9-10,19-22,33,41H,5,8,11-18,23-24,40H2,1-4H3,(H2,42,51)(H,44,45,52);2-3H2,1H3;1H,(H2,2,3)/b7-6+,10-9+,41-25?;;. The quantitative estimate of drug-likeness (QED) is 0.0388. The molecule has 330 valence electrons. The number of ether oxygens (including phenoxy) is 3. The predicted molar refractivity (Wildman–Crippen MR) is 236 cm³/mol. The zero-order chi connectivity index (χ0) is 44.5. The Morgan fingerprint density at radius 3 is 2.39 bits per heavy atom. The monoisotopic (exact) mass is 843 g/mol. The summed E-state index contributed by atoms with van der Waals surface area (Å²) in [5, 5.41) is 15.4. The van der Waals surface area contributed by atoms with Crippen LogP contribution < -0.4 is 33.0 Å². The first-order valence-corrected chi connectivity index (χ1v) is 20.3. The minimum Gasteiger partial charge on any atom is -0.494 e.